The van der Waals surface area contributed by atoms with Crippen LogP contribution in [0.2, 0.25) is 0 Å². The fourth-order valence-electron chi connectivity index (χ4n) is 2.58. The van der Waals surface area contributed by atoms with Crippen LogP contribution in [0.5, 0.6) is 0 Å². The Morgan fingerprint density at radius 1 is 1.41 bits per heavy atom. The highest BCUT2D eigenvalue weighted by Gasteiger charge is 2.20. The van der Waals surface area contributed by atoms with Gasteiger partial charge in [0.25, 0.3) is 0 Å². The number of aryl methyl sites for hydroxylation is 1. The molecule has 1 aromatic rings. The molecule has 17 heavy (non-hydrogen) atoms. The van der Waals surface area contributed by atoms with Crippen molar-refractivity contribution >= 4 is 15.9 Å². The number of benzene rings is 1. The highest BCUT2D eigenvalue weighted by atomic mass is 79.9. The standard InChI is InChI=1S/C14H21BrN2/c1-10-6-7-12(13(15)8-10)14(9-16)17-11-4-2-3-5-11/h6-8,11,14,17H,2-5,9,16H2,1H3. The van der Waals surface area contributed by atoms with Crippen LogP contribution in [0.25, 0.3) is 0 Å². The Morgan fingerprint density at radius 3 is 2.71 bits per heavy atom. The number of rotatable bonds is 4. The molecule has 0 amide bonds. The second kappa shape index (κ2) is 5.98. The van der Waals surface area contributed by atoms with Crippen LogP contribution in [-0.4, -0.2) is 12.6 Å². The molecule has 1 aromatic carbocycles. The molecule has 1 unspecified atom stereocenters. The Kier molecular flexibility index (Phi) is 4.60. The average Bonchev–Trinajstić information content (AvgIpc) is 2.79. The lowest BCUT2D eigenvalue weighted by Crippen LogP contribution is -2.35. The first-order chi connectivity index (χ1) is 8.20. The van der Waals surface area contributed by atoms with E-state index < -0.39 is 0 Å². The second-order valence-electron chi connectivity index (χ2n) is 4.96. The Hall–Kier alpha value is -0.380. The van der Waals surface area contributed by atoms with Crippen LogP contribution in [0.4, 0.5) is 0 Å². The SMILES string of the molecule is Cc1ccc(C(CN)NC2CCCC2)c(Br)c1. The van der Waals surface area contributed by atoms with E-state index >= 15 is 0 Å². The van der Waals surface area contributed by atoms with E-state index in [0.717, 1.165) is 0 Å². The maximum atomic E-state index is 5.91. The zero-order valence-corrected chi connectivity index (χ0v) is 12.0. The molecule has 3 N–H and O–H groups in total. The van der Waals surface area contributed by atoms with Crippen LogP contribution >= 0.6 is 15.9 Å². The smallest absolute Gasteiger partial charge is 0.0457 e. The van der Waals surface area contributed by atoms with Crippen molar-refractivity contribution in [1.29, 1.82) is 0 Å². The number of nitrogens with one attached hydrogen (secondary N) is 1. The monoisotopic (exact) mass is 296 g/mol. The summed E-state index contributed by atoms with van der Waals surface area (Å²) in [4.78, 5) is 0. The number of hydrogen-bond donors (Lipinski definition) is 2. The van der Waals surface area contributed by atoms with Gasteiger partial charge in [0.15, 0.2) is 0 Å². The van der Waals surface area contributed by atoms with E-state index in [1.54, 1.807) is 0 Å². The quantitative estimate of drug-likeness (QED) is 0.895. The molecule has 0 spiro atoms. The summed E-state index contributed by atoms with van der Waals surface area (Å²) in [7, 11) is 0. The van der Waals surface area contributed by atoms with Crippen molar-refractivity contribution in [2.75, 3.05) is 6.54 Å². The predicted molar refractivity (Wildman–Crippen MR) is 76.1 cm³/mol. The van der Waals surface area contributed by atoms with Gasteiger partial charge in [0.1, 0.15) is 0 Å². The zero-order valence-electron chi connectivity index (χ0n) is 10.4. The molecular weight excluding hydrogens is 276 g/mol. The van der Waals surface area contributed by atoms with E-state index in [9.17, 15) is 0 Å². The molecule has 0 bridgehead atoms. The fourth-order valence-corrected chi connectivity index (χ4v) is 3.35. The largest absolute Gasteiger partial charge is 0.329 e. The van der Waals surface area contributed by atoms with Crippen LogP contribution in [0, 0.1) is 6.92 Å². The van der Waals surface area contributed by atoms with E-state index in [2.05, 4.69) is 46.4 Å². The van der Waals surface area contributed by atoms with Crippen molar-refractivity contribution in [3.63, 3.8) is 0 Å². The summed E-state index contributed by atoms with van der Waals surface area (Å²) in [6.45, 7) is 2.76. The molecule has 3 heteroatoms. The normalized spacial score (nSPS) is 18.5. The second-order valence-corrected chi connectivity index (χ2v) is 5.82. The third-order valence-electron chi connectivity index (χ3n) is 3.56. The van der Waals surface area contributed by atoms with E-state index in [0.29, 0.717) is 12.6 Å². The molecule has 1 aliphatic carbocycles. The van der Waals surface area contributed by atoms with Gasteiger partial charge in [0.05, 0.1) is 0 Å². The van der Waals surface area contributed by atoms with Crippen LogP contribution in [0.15, 0.2) is 22.7 Å². The van der Waals surface area contributed by atoms with Gasteiger partial charge in [-0.15, -0.1) is 0 Å². The van der Waals surface area contributed by atoms with Gasteiger partial charge in [0.2, 0.25) is 0 Å². The van der Waals surface area contributed by atoms with Gasteiger partial charge >= 0.3 is 0 Å². The molecule has 1 fully saturated rings. The summed E-state index contributed by atoms with van der Waals surface area (Å²) < 4.78 is 1.17. The van der Waals surface area contributed by atoms with Crippen molar-refractivity contribution < 1.29 is 0 Å². The minimum absolute atomic E-state index is 0.271. The summed E-state index contributed by atoms with van der Waals surface area (Å²) in [6, 6.07) is 7.41. The van der Waals surface area contributed by atoms with E-state index in [4.69, 9.17) is 5.73 Å². The van der Waals surface area contributed by atoms with Crippen molar-refractivity contribution in [2.45, 2.75) is 44.7 Å². The summed E-state index contributed by atoms with van der Waals surface area (Å²) in [5, 5.41) is 3.69. The molecule has 0 aliphatic heterocycles. The van der Waals surface area contributed by atoms with Gasteiger partial charge in [-0.25, -0.2) is 0 Å². The number of hydrogen-bond acceptors (Lipinski definition) is 2. The molecular formula is C14H21BrN2. The van der Waals surface area contributed by atoms with Gasteiger partial charge < -0.3 is 11.1 Å². The highest BCUT2D eigenvalue weighted by molar-refractivity contribution is 9.10. The third kappa shape index (κ3) is 3.30. The van der Waals surface area contributed by atoms with Gasteiger partial charge in [-0.2, -0.15) is 0 Å². The number of halogens is 1. The lowest BCUT2D eigenvalue weighted by Gasteiger charge is -2.23. The van der Waals surface area contributed by atoms with Gasteiger partial charge in [-0.3, -0.25) is 0 Å². The van der Waals surface area contributed by atoms with E-state index in [1.807, 2.05) is 0 Å². The molecule has 0 aromatic heterocycles. The van der Waals surface area contributed by atoms with Gasteiger partial charge in [0, 0.05) is 23.1 Å². The maximum absolute atomic E-state index is 5.91. The first kappa shape index (κ1) is 13.1. The molecule has 2 rings (SSSR count). The minimum Gasteiger partial charge on any atom is -0.329 e. The molecule has 1 aliphatic rings. The highest BCUT2D eigenvalue weighted by Crippen LogP contribution is 2.27. The molecule has 94 valence electrons. The first-order valence-corrected chi connectivity index (χ1v) is 7.22. The zero-order chi connectivity index (χ0) is 12.3. The lowest BCUT2D eigenvalue weighted by atomic mass is 10.0. The van der Waals surface area contributed by atoms with Crippen LogP contribution in [0.1, 0.15) is 42.9 Å². The molecule has 0 radical (unpaired) electrons. The molecule has 0 heterocycles. The van der Waals surface area contributed by atoms with Crippen molar-refractivity contribution in [3.8, 4) is 0 Å². The molecule has 0 saturated heterocycles. The first-order valence-electron chi connectivity index (χ1n) is 6.43. The molecule has 1 saturated carbocycles. The summed E-state index contributed by atoms with van der Waals surface area (Å²) in [5.74, 6) is 0. The summed E-state index contributed by atoms with van der Waals surface area (Å²) in [6.07, 6.45) is 5.29. The van der Waals surface area contributed by atoms with Crippen LogP contribution in [-0.2, 0) is 0 Å². The van der Waals surface area contributed by atoms with E-state index in [-0.39, 0.29) is 6.04 Å². The summed E-state index contributed by atoms with van der Waals surface area (Å²) in [5.41, 5.74) is 8.46. The third-order valence-corrected chi connectivity index (χ3v) is 4.25. The lowest BCUT2D eigenvalue weighted by molar-refractivity contribution is 0.443. The van der Waals surface area contributed by atoms with Crippen LogP contribution < -0.4 is 11.1 Å². The summed E-state index contributed by atoms with van der Waals surface area (Å²) >= 11 is 3.64. The van der Waals surface area contributed by atoms with Crippen molar-refractivity contribution in [2.24, 2.45) is 5.73 Å². The van der Waals surface area contributed by atoms with Crippen LogP contribution in [0.3, 0.4) is 0 Å². The van der Waals surface area contributed by atoms with Gasteiger partial charge in [-0.1, -0.05) is 40.9 Å². The predicted octanol–water partition coefficient (Wildman–Crippen LogP) is 3.29. The van der Waals surface area contributed by atoms with Gasteiger partial charge in [-0.05, 0) is 37.0 Å². The fraction of sp³-hybridized carbons (Fsp3) is 0.571. The Labute approximate surface area is 112 Å². The molecule has 1 atom stereocenters. The average molecular weight is 297 g/mol. The number of nitrogens with two attached hydrogens (primary N) is 1. The van der Waals surface area contributed by atoms with E-state index in [1.165, 1.54) is 41.3 Å². The van der Waals surface area contributed by atoms with Crippen molar-refractivity contribution in [1.82, 2.24) is 5.32 Å². The Balaban J connectivity index is 2.10. The Bertz CT molecular complexity index is 372. The topological polar surface area (TPSA) is 38.0 Å². The van der Waals surface area contributed by atoms with Crippen molar-refractivity contribution in [3.05, 3.63) is 33.8 Å². The molecule has 2 nitrogen and oxygen atoms in total. The Morgan fingerprint density at radius 2 is 2.12 bits per heavy atom. The maximum Gasteiger partial charge on any atom is 0.0457 e. The minimum atomic E-state index is 0.271.